The van der Waals surface area contributed by atoms with Crippen LogP contribution in [0.4, 0.5) is 0 Å². The number of benzene rings is 1. The summed E-state index contributed by atoms with van der Waals surface area (Å²) in [6, 6.07) is 9.78. The highest BCUT2D eigenvalue weighted by molar-refractivity contribution is 5.93. The van der Waals surface area contributed by atoms with E-state index in [1.165, 1.54) is 12.5 Å². The highest BCUT2D eigenvalue weighted by Crippen LogP contribution is 2.40. The molecule has 1 aromatic carbocycles. The fourth-order valence-corrected chi connectivity index (χ4v) is 4.75. The predicted octanol–water partition coefficient (Wildman–Crippen LogP) is 2.78. The molecule has 3 heterocycles. The van der Waals surface area contributed by atoms with Crippen LogP contribution < -0.4 is 4.74 Å². The topological polar surface area (TPSA) is 66.2 Å². The maximum atomic E-state index is 12.8. The molecule has 0 aliphatic carbocycles. The second-order valence-corrected chi connectivity index (χ2v) is 8.03. The van der Waals surface area contributed by atoms with Crippen molar-refractivity contribution in [1.29, 1.82) is 0 Å². The Morgan fingerprint density at radius 1 is 1.29 bits per heavy atom. The van der Waals surface area contributed by atoms with E-state index >= 15 is 0 Å². The van der Waals surface area contributed by atoms with Gasteiger partial charge < -0.3 is 19.2 Å². The van der Waals surface area contributed by atoms with Gasteiger partial charge >= 0.3 is 0 Å². The lowest BCUT2D eigenvalue weighted by Crippen LogP contribution is -2.59. The fraction of sp³-hybridized carbons (Fsp3) is 0.500. The standard InChI is InChI=1S/C22H28N2O4/c1-27-19-6-3-2-5-17(19)13-23-11-7-20(25)22(15-23)9-4-10-24(16-22)21(26)18-8-12-28-14-18/h2-3,5-6,8,12,14,20,25H,4,7,9-11,13,15-16H2,1H3/t20?,22-/m1/s1. The second kappa shape index (κ2) is 7.97. The molecule has 0 bridgehead atoms. The van der Waals surface area contributed by atoms with Crippen molar-refractivity contribution in [1.82, 2.24) is 9.80 Å². The molecule has 2 aliphatic rings. The molecule has 1 amide bonds. The molecule has 2 atom stereocenters. The number of amides is 1. The molecule has 0 saturated carbocycles. The Balaban J connectivity index is 1.50. The minimum absolute atomic E-state index is 0.0122. The Kier molecular flexibility index (Phi) is 5.42. The minimum atomic E-state index is -0.388. The molecule has 2 saturated heterocycles. The van der Waals surface area contributed by atoms with E-state index in [4.69, 9.17) is 9.15 Å². The molecule has 2 aromatic rings. The van der Waals surface area contributed by atoms with Gasteiger partial charge in [0.1, 0.15) is 12.0 Å². The number of aliphatic hydroxyl groups is 1. The lowest BCUT2D eigenvalue weighted by atomic mass is 9.71. The molecule has 6 nitrogen and oxygen atoms in total. The van der Waals surface area contributed by atoms with Crippen LogP contribution in [0.5, 0.6) is 5.75 Å². The second-order valence-electron chi connectivity index (χ2n) is 8.03. The number of hydrogen-bond acceptors (Lipinski definition) is 5. The molecule has 1 unspecified atom stereocenters. The summed E-state index contributed by atoms with van der Waals surface area (Å²) in [4.78, 5) is 17.1. The van der Waals surface area contributed by atoms with E-state index in [-0.39, 0.29) is 17.4 Å². The first-order valence-electron chi connectivity index (χ1n) is 9.95. The van der Waals surface area contributed by atoms with Gasteiger partial charge in [0, 0.05) is 43.7 Å². The van der Waals surface area contributed by atoms with Crippen LogP contribution in [0.15, 0.2) is 47.3 Å². The third-order valence-electron chi connectivity index (χ3n) is 6.21. The Hall–Kier alpha value is -2.31. The van der Waals surface area contributed by atoms with Crippen LogP contribution in [-0.4, -0.2) is 60.2 Å². The highest BCUT2D eigenvalue weighted by Gasteiger charge is 2.46. The largest absolute Gasteiger partial charge is 0.496 e. The SMILES string of the molecule is COc1ccccc1CN1CCC(O)[C@]2(CCCN(C(=O)c3ccoc3)C2)C1. The van der Waals surface area contributed by atoms with E-state index in [2.05, 4.69) is 11.0 Å². The van der Waals surface area contributed by atoms with Gasteiger partial charge in [-0.1, -0.05) is 18.2 Å². The van der Waals surface area contributed by atoms with Gasteiger partial charge in [-0.05, 0) is 31.4 Å². The zero-order valence-corrected chi connectivity index (χ0v) is 16.3. The number of carbonyl (C=O) groups excluding carboxylic acids is 1. The first-order valence-corrected chi connectivity index (χ1v) is 9.95. The zero-order chi connectivity index (χ0) is 19.6. The third-order valence-corrected chi connectivity index (χ3v) is 6.21. The van der Waals surface area contributed by atoms with Crippen LogP contribution in [0, 0.1) is 5.41 Å². The normalized spacial score (nSPS) is 25.8. The molecule has 1 aromatic heterocycles. The van der Waals surface area contributed by atoms with Gasteiger partial charge in [-0.3, -0.25) is 9.69 Å². The Morgan fingerprint density at radius 3 is 2.93 bits per heavy atom. The molecule has 0 radical (unpaired) electrons. The number of methoxy groups -OCH3 is 1. The van der Waals surface area contributed by atoms with Gasteiger partial charge in [0.15, 0.2) is 0 Å². The number of para-hydroxylation sites is 1. The summed E-state index contributed by atoms with van der Waals surface area (Å²) in [6.45, 7) is 3.72. The Morgan fingerprint density at radius 2 is 2.14 bits per heavy atom. The van der Waals surface area contributed by atoms with E-state index in [9.17, 15) is 9.90 Å². The molecule has 2 aliphatic heterocycles. The number of likely N-dealkylation sites (tertiary alicyclic amines) is 2. The number of nitrogens with zero attached hydrogens (tertiary/aromatic N) is 2. The minimum Gasteiger partial charge on any atom is -0.496 e. The van der Waals surface area contributed by atoms with E-state index in [1.807, 2.05) is 23.1 Å². The zero-order valence-electron chi connectivity index (χ0n) is 16.3. The van der Waals surface area contributed by atoms with Crippen LogP contribution in [0.3, 0.4) is 0 Å². The summed E-state index contributed by atoms with van der Waals surface area (Å²) in [7, 11) is 1.70. The molecular weight excluding hydrogens is 356 g/mol. The van der Waals surface area contributed by atoms with Crippen LogP contribution in [0.2, 0.25) is 0 Å². The number of piperidine rings is 2. The summed E-state index contributed by atoms with van der Waals surface area (Å²) in [6.07, 6.45) is 5.20. The van der Waals surface area contributed by atoms with Crippen LogP contribution >= 0.6 is 0 Å². The van der Waals surface area contributed by atoms with Crippen molar-refractivity contribution in [2.75, 3.05) is 33.3 Å². The summed E-state index contributed by atoms with van der Waals surface area (Å²) < 4.78 is 10.6. The van der Waals surface area contributed by atoms with Gasteiger partial charge in [-0.2, -0.15) is 0 Å². The highest BCUT2D eigenvalue weighted by atomic mass is 16.5. The number of furan rings is 1. The summed E-state index contributed by atoms with van der Waals surface area (Å²) in [5.74, 6) is 0.880. The van der Waals surface area contributed by atoms with Gasteiger partial charge in [0.05, 0.1) is 25.0 Å². The van der Waals surface area contributed by atoms with Gasteiger partial charge in [0.2, 0.25) is 0 Å². The fourth-order valence-electron chi connectivity index (χ4n) is 4.75. The van der Waals surface area contributed by atoms with Crippen LogP contribution in [0.1, 0.15) is 35.2 Å². The van der Waals surface area contributed by atoms with Crippen LogP contribution in [-0.2, 0) is 6.54 Å². The van der Waals surface area contributed by atoms with Crippen molar-refractivity contribution in [3.05, 3.63) is 54.0 Å². The molecule has 1 N–H and O–H groups in total. The van der Waals surface area contributed by atoms with Gasteiger partial charge in [-0.25, -0.2) is 0 Å². The van der Waals surface area contributed by atoms with Gasteiger partial charge in [0.25, 0.3) is 5.91 Å². The van der Waals surface area contributed by atoms with E-state index in [0.29, 0.717) is 12.1 Å². The van der Waals surface area contributed by atoms with Crippen molar-refractivity contribution < 1.29 is 19.1 Å². The van der Waals surface area contributed by atoms with E-state index in [1.54, 1.807) is 13.2 Å². The van der Waals surface area contributed by atoms with Crippen molar-refractivity contribution >= 4 is 5.91 Å². The third kappa shape index (κ3) is 3.66. The molecule has 2 fully saturated rings. The quantitative estimate of drug-likeness (QED) is 0.878. The van der Waals surface area contributed by atoms with Crippen molar-refractivity contribution in [3.8, 4) is 5.75 Å². The number of rotatable bonds is 4. The first-order chi connectivity index (χ1) is 13.6. The smallest absolute Gasteiger partial charge is 0.257 e. The molecule has 4 rings (SSSR count). The van der Waals surface area contributed by atoms with Gasteiger partial charge in [-0.15, -0.1) is 0 Å². The van der Waals surface area contributed by atoms with Crippen molar-refractivity contribution in [2.24, 2.45) is 5.41 Å². The van der Waals surface area contributed by atoms with Crippen molar-refractivity contribution in [2.45, 2.75) is 31.9 Å². The van der Waals surface area contributed by atoms with E-state index in [0.717, 1.165) is 56.8 Å². The molecule has 28 heavy (non-hydrogen) atoms. The summed E-state index contributed by atoms with van der Waals surface area (Å²) in [5, 5.41) is 10.9. The average molecular weight is 384 g/mol. The monoisotopic (exact) mass is 384 g/mol. The molecule has 6 heteroatoms. The van der Waals surface area contributed by atoms with Crippen LogP contribution in [0.25, 0.3) is 0 Å². The lowest BCUT2D eigenvalue weighted by Gasteiger charge is -2.51. The summed E-state index contributed by atoms with van der Waals surface area (Å²) in [5.41, 5.74) is 1.45. The first kappa shape index (κ1) is 19.0. The maximum Gasteiger partial charge on any atom is 0.257 e. The molecule has 150 valence electrons. The summed E-state index contributed by atoms with van der Waals surface area (Å²) >= 11 is 0. The number of hydrogen-bond donors (Lipinski definition) is 1. The molecular formula is C22H28N2O4. The molecule has 1 spiro atoms. The number of ether oxygens (including phenoxy) is 1. The number of carbonyl (C=O) groups is 1. The Labute approximate surface area is 165 Å². The average Bonchev–Trinajstić information content (AvgIpc) is 3.26. The number of aliphatic hydroxyl groups excluding tert-OH is 1. The van der Waals surface area contributed by atoms with Crippen molar-refractivity contribution in [3.63, 3.8) is 0 Å². The predicted molar refractivity (Wildman–Crippen MR) is 105 cm³/mol. The lowest BCUT2D eigenvalue weighted by molar-refractivity contribution is -0.0806. The maximum absolute atomic E-state index is 12.8. The van der Waals surface area contributed by atoms with E-state index < -0.39 is 0 Å². The Bertz CT molecular complexity index is 807.